The Morgan fingerprint density at radius 1 is 0.828 bits per heavy atom. The third-order valence-electron chi connectivity index (χ3n) is 4.20. The average Bonchev–Trinajstić information content (AvgIpc) is 2.71. The second-order valence-corrected chi connectivity index (χ2v) is 6.52. The van der Waals surface area contributed by atoms with Gasteiger partial charge in [-0.25, -0.2) is 9.97 Å². The minimum atomic E-state index is -4.70. The summed E-state index contributed by atoms with van der Waals surface area (Å²) in [5, 5.41) is 0. The van der Waals surface area contributed by atoms with Gasteiger partial charge < -0.3 is 9.47 Å². The number of hydrogen-bond acceptors (Lipinski definition) is 4. The molecule has 2 aromatic carbocycles. The highest BCUT2D eigenvalue weighted by atomic mass is 19.4. The Labute approximate surface area is 167 Å². The van der Waals surface area contributed by atoms with E-state index in [1.165, 1.54) is 24.3 Å². The molecule has 4 nitrogen and oxygen atoms in total. The standard InChI is InChI=1S/C22H21F3N2O2/c1-2-3-4-17-13-26-21(27-14-17)18-7-11-19(12-8-18)28-15-16-5-9-20(10-6-16)29-22(23,24)25/h5-14H,2-4,15H2,1H3. The normalized spacial score (nSPS) is 11.3. The zero-order valence-electron chi connectivity index (χ0n) is 15.9. The number of aromatic nitrogens is 2. The number of alkyl halides is 3. The molecule has 0 saturated carbocycles. The van der Waals surface area contributed by atoms with Gasteiger partial charge in [0.25, 0.3) is 0 Å². The summed E-state index contributed by atoms with van der Waals surface area (Å²) < 4.78 is 46.1. The van der Waals surface area contributed by atoms with Crippen LogP contribution in [0.4, 0.5) is 13.2 Å². The molecule has 152 valence electrons. The quantitative estimate of drug-likeness (QED) is 0.466. The molecule has 0 atom stereocenters. The van der Waals surface area contributed by atoms with E-state index in [-0.39, 0.29) is 12.4 Å². The minimum Gasteiger partial charge on any atom is -0.489 e. The minimum absolute atomic E-state index is 0.230. The molecule has 3 rings (SSSR count). The van der Waals surface area contributed by atoms with Crippen molar-refractivity contribution in [3.05, 3.63) is 72.1 Å². The number of aryl methyl sites for hydroxylation is 1. The fourth-order valence-corrected chi connectivity index (χ4v) is 2.67. The van der Waals surface area contributed by atoms with Crippen molar-refractivity contribution >= 4 is 0 Å². The topological polar surface area (TPSA) is 44.2 Å². The van der Waals surface area contributed by atoms with Crippen molar-refractivity contribution in [3.8, 4) is 22.9 Å². The van der Waals surface area contributed by atoms with Gasteiger partial charge in [-0.2, -0.15) is 0 Å². The smallest absolute Gasteiger partial charge is 0.489 e. The van der Waals surface area contributed by atoms with E-state index in [2.05, 4.69) is 21.6 Å². The summed E-state index contributed by atoms with van der Waals surface area (Å²) in [6, 6.07) is 12.9. The van der Waals surface area contributed by atoms with Crippen LogP contribution in [-0.2, 0) is 13.0 Å². The van der Waals surface area contributed by atoms with Crippen LogP contribution >= 0.6 is 0 Å². The molecule has 0 unspecified atom stereocenters. The SMILES string of the molecule is CCCCc1cnc(-c2ccc(OCc3ccc(OC(F)(F)F)cc3)cc2)nc1. The van der Waals surface area contributed by atoms with Gasteiger partial charge in [0.15, 0.2) is 5.82 Å². The summed E-state index contributed by atoms with van der Waals surface area (Å²) in [4.78, 5) is 8.83. The van der Waals surface area contributed by atoms with Crippen LogP contribution in [0.1, 0.15) is 30.9 Å². The van der Waals surface area contributed by atoms with E-state index in [9.17, 15) is 13.2 Å². The number of nitrogens with zero attached hydrogens (tertiary/aromatic N) is 2. The van der Waals surface area contributed by atoms with Crippen molar-refractivity contribution in [1.29, 1.82) is 0 Å². The lowest BCUT2D eigenvalue weighted by Gasteiger charge is -2.10. The maximum Gasteiger partial charge on any atom is 0.573 e. The van der Waals surface area contributed by atoms with Crippen LogP contribution in [0.2, 0.25) is 0 Å². The fraction of sp³-hybridized carbons (Fsp3) is 0.273. The lowest BCUT2D eigenvalue weighted by Crippen LogP contribution is -2.17. The van der Waals surface area contributed by atoms with Crippen LogP contribution in [0, 0.1) is 0 Å². The molecule has 0 N–H and O–H groups in total. The van der Waals surface area contributed by atoms with Crippen molar-refractivity contribution in [2.24, 2.45) is 0 Å². The van der Waals surface area contributed by atoms with Gasteiger partial charge in [-0.1, -0.05) is 25.5 Å². The molecule has 3 aromatic rings. The van der Waals surface area contributed by atoms with E-state index in [1.807, 2.05) is 36.7 Å². The summed E-state index contributed by atoms with van der Waals surface area (Å²) >= 11 is 0. The van der Waals surface area contributed by atoms with Crippen molar-refractivity contribution in [3.63, 3.8) is 0 Å². The molecule has 29 heavy (non-hydrogen) atoms. The molecule has 1 heterocycles. The predicted molar refractivity (Wildman–Crippen MR) is 104 cm³/mol. The molecule has 0 aliphatic carbocycles. The van der Waals surface area contributed by atoms with Crippen LogP contribution in [0.15, 0.2) is 60.9 Å². The molecular formula is C22H21F3N2O2. The van der Waals surface area contributed by atoms with E-state index in [0.717, 1.165) is 36.0 Å². The fourth-order valence-electron chi connectivity index (χ4n) is 2.67. The molecule has 1 aromatic heterocycles. The maximum absolute atomic E-state index is 12.2. The number of rotatable bonds is 8. The van der Waals surface area contributed by atoms with Crippen molar-refractivity contribution in [1.82, 2.24) is 9.97 Å². The second-order valence-electron chi connectivity index (χ2n) is 6.52. The number of hydrogen-bond donors (Lipinski definition) is 0. The number of halogens is 3. The highest BCUT2D eigenvalue weighted by Crippen LogP contribution is 2.24. The van der Waals surface area contributed by atoms with Crippen LogP contribution in [-0.4, -0.2) is 16.3 Å². The van der Waals surface area contributed by atoms with Gasteiger partial charge in [0.2, 0.25) is 0 Å². The summed E-state index contributed by atoms with van der Waals surface area (Å²) in [6.07, 6.45) is 2.25. The first-order chi connectivity index (χ1) is 13.9. The third-order valence-corrected chi connectivity index (χ3v) is 4.20. The molecule has 0 aliphatic rings. The Bertz CT molecular complexity index is 893. The van der Waals surface area contributed by atoms with Crippen molar-refractivity contribution in [2.75, 3.05) is 0 Å². The van der Waals surface area contributed by atoms with Crippen LogP contribution in [0.25, 0.3) is 11.4 Å². The average molecular weight is 402 g/mol. The monoisotopic (exact) mass is 402 g/mol. The highest BCUT2D eigenvalue weighted by Gasteiger charge is 2.30. The van der Waals surface area contributed by atoms with Gasteiger partial charge in [0.05, 0.1) is 0 Å². The van der Waals surface area contributed by atoms with Crippen LogP contribution < -0.4 is 9.47 Å². The number of benzene rings is 2. The first-order valence-electron chi connectivity index (χ1n) is 9.32. The van der Waals surface area contributed by atoms with Crippen LogP contribution in [0.3, 0.4) is 0 Å². The Morgan fingerprint density at radius 3 is 2.03 bits per heavy atom. The molecule has 0 aliphatic heterocycles. The van der Waals surface area contributed by atoms with Crippen molar-refractivity contribution < 1.29 is 22.6 Å². The Hall–Kier alpha value is -3.09. The Balaban J connectivity index is 1.55. The van der Waals surface area contributed by atoms with Gasteiger partial charge in [-0.3, -0.25) is 0 Å². The van der Waals surface area contributed by atoms with Gasteiger partial charge in [0.1, 0.15) is 18.1 Å². The summed E-state index contributed by atoms with van der Waals surface area (Å²) in [7, 11) is 0. The van der Waals surface area contributed by atoms with E-state index in [4.69, 9.17) is 4.74 Å². The summed E-state index contributed by atoms with van der Waals surface area (Å²) in [6.45, 7) is 2.38. The van der Waals surface area contributed by atoms with E-state index >= 15 is 0 Å². The zero-order chi connectivity index (χ0) is 20.7. The lowest BCUT2D eigenvalue weighted by molar-refractivity contribution is -0.274. The molecule has 0 spiro atoms. The van der Waals surface area contributed by atoms with Gasteiger partial charge in [-0.15, -0.1) is 13.2 Å². The van der Waals surface area contributed by atoms with Crippen molar-refractivity contribution in [2.45, 2.75) is 39.2 Å². The first-order valence-corrected chi connectivity index (χ1v) is 9.32. The highest BCUT2D eigenvalue weighted by molar-refractivity contribution is 5.55. The maximum atomic E-state index is 12.2. The molecule has 0 amide bonds. The van der Waals surface area contributed by atoms with E-state index in [0.29, 0.717) is 11.6 Å². The van der Waals surface area contributed by atoms with E-state index < -0.39 is 6.36 Å². The number of ether oxygens (including phenoxy) is 2. The van der Waals surface area contributed by atoms with Gasteiger partial charge in [-0.05, 0) is 60.4 Å². The Kier molecular flexibility index (Phi) is 6.69. The Morgan fingerprint density at radius 2 is 1.45 bits per heavy atom. The van der Waals surface area contributed by atoms with Crippen LogP contribution in [0.5, 0.6) is 11.5 Å². The molecule has 0 bridgehead atoms. The molecular weight excluding hydrogens is 381 g/mol. The van der Waals surface area contributed by atoms with E-state index in [1.54, 1.807) is 0 Å². The largest absolute Gasteiger partial charge is 0.573 e. The molecule has 0 saturated heterocycles. The van der Waals surface area contributed by atoms with Gasteiger partial charge >= 0.3 is 6.36 Å². The summed E-state index contributed by atoms with van der Waals surface area (Å²) in [5.74, 6) is 1.03. The summed E-state index contributed by atoms with van der Waals surface area (Å²) in [5.41, 5.74) is 2.74. The number of unbranched alkanes of at least 4 members (excludes halogenated alkanes) is 1. The molecule has 7 heteroatoms. The lowest BCUT2D eigenvalue weighted by atomic mass is 10.1. The second kappa shape index (κ2) is 9.41. The zero-order valence-corrected chi connectivity index (χ0v) is 15.9. The predicted octanol–water partition coefficient (Wildman–Crippen LogP) is 5.96. The first kappa shape index (κ1) is 20.6. The van der Waals surface area contributed by atoms with Gasteiger partial charge in [0, 0.05) is 18.0 Å². The molecule has 0 radical (unpaired) electrons. The third kappa shape index (κ3) is 6.48. The molecule has 0 fully saturated rings.